The van der Waals surface area contributed by atoms with Gasteiger partial charge in [0.15, 0.2) is 5.95 Å². The predicted octanol–water partition coefficient (Wildman–Crippen LogP) is 2.66. The Hall–Kier alpha value is -1.29. The number of rotatable bonds is 2. The molecule has 1 heterocycles. The molecule has 0 aliphatic heterocycles. The first-order valence-corrected chi connectivity index (χ1v) is 5.89. The SMILES string of the molecule is Cc1nc(N)n(C)c1Cc1ccc(Br)cc1. The summed E-state index contributed by atoms with van der Waals surface area (Å²) in [6, 6.07) is 8.30. The largest absolute Gasteiger partial charge is 0.369 e. The molecule has 0 fully saturated rings. The van der Waals surface area contributed by atoms with E-state index in [1.54, 1.807) is 0 Å². The summed E-state index contributed by atoms with van der Waals surface area (Å²) in [6.45, 7) is 1.99. The van der Waals surface area contributed by atoms with Gasteiger partial charge in [-0.1, -0.05) is 28.1 Å². The van der Waals surface area contributed by atoms with Crippen LogP contribution in [0.2, 0.25) is 0 Å². The highest BCUT2D eigenvalue weighted by atomic mass is 79.9. The maximum Gasteiger partial charge on any atom is 0.200 e. The molecule has 2 N–H and O–H groups in total. The molecular weight excluding hydrogens is 266 g/mol. The Kier molecular flexibility index (Phi) is 3.01. The molecule has 2 rings (SSSR count). The number of hydrogen-bond donors (Lipinski definition) is 1. The van der Waals surface area contributed by atoms with Crippen LogP contribution in [0.15, 0.2) is 28.7 Å². The summed E-state index contributed by atoms with van der Waals surface area (Å²) in [5.74, 6) is 0.574. The molecule has 0 radical (unpaired) electrons. The Morgan fingerprint density at radius 3 is 2.44 bits per heavy atom. The highest BCUT2D eigenvalue weighted by molar-refractivity contribution is 9.10. The van der Waals surface area contributed by atoms with Crippen molar-refractivity contribution in [1.82, 2.24) is 9.55 Å². The van der Waals surface area contributed by atoms with Crippen LogP contribution in [0.1, 0.15) is 17.0 Å². The maximum absolute atomic E-state index is 5.76. The molecule has 3 nitrogen and oxygen atoms in total. The molecule has 4 heteroatoms. The van der Waals surface area contributed by atoms with Gasteiger partial charge in [0.25, 0.3) is 0 Å². The Morgan fingerprint density at radius 1 is 1.31 bits per heavy atom. The summed E-state index contributed by atoms with van der Waals surface area (Å²) in [7, 11) is 1.95. The third kappa shape index (κ3) is 2.11. The molecule has 0 aliphatic carbocycles. The molecule has 1 aromatic carbocycles. The predicted molar refractivity (Wildman–Crippen MR) is 69.3 cm³/mol. The first kappa shape index (κ1) is 11.2. The lowest BCUT2D eigenvalue weighted by molar-refractivity contribution is 0.853. The number of aryl methyl sites for hydroxylation is 1. The van der Waals surface area contributed by atoms with Gasteiger partial charge in [-0.15, -0.1) is 0 Å². The van der Waals surface area contributed by atoms with Crippen molar-refractivity contribution in [3.8, 4) is 0 Å². The number of imidazole rings is 1. The summed E-state index contributed by atoms with van der Waals surface area (Å²) < 4.78 is 3.04. The van der Waals surface area contributed by atoms with Crippen molar-refractivity contribution in [3.63, 3.8) is 0 Å². The second kappa shape index (κ2) is 4.29. The van der Waals surface area contributed by atoms with Gasteiger partial charge in [-0.25, -0.2) is 4.98 Å². The van der Waals surface area contributed by atoms with Crippen LogP contribution in [-0.4, -0.2) is 9.55 Å². The Labute approximate surface area is 103 Å². The van der Waals surface area contributed by atoms with Crippen LogP contribution in [-0.2, 0) is 13.5 Å². The van der Waals surface area contributed by atoms with E-state index in [4.69, 9.17) is 5.73 Å². The average Bonchev–Trinajstić information content (AvgIpc) is 2.48. The monoisotopic (exact) mass is 279 g/mol. The van der Waals surface area contributed by atoms with Gasteiger partial charge in [0.1, 0.15) is 0 Å². The zero-order chi connectivity index (χ0) is 11.7. The molecule has 0 aliphatic rings. The third-order valence-corrected chi connectivity index (χ3v) is 3.26. The number of aromatic nitrogens is 2. The summed E-state index contributed by atoms with van der Waals surface area (Å²) >= 11 is 3.43. The lowest BCUT2D eigenvalue weighted by Gasteiger charge is -2.05. The van der Waals surface area contributed by atoms with Gasteiger partial charge in [-0.3, -0.25) is 0 Å². The Morgan fingerprint density at radius 2 is 1.94 bits per heavy atom. The molecule has 0 bridgehead atoms. The van der Waals surface area contributed by atoms with Crippen LogP contribution in [0, 0.1) is 6.92 Å². The summed E-state index contributed by atoms with van der Waals surface area (Å²) in [5, 5.41) is 0. The van der Waals surface area contributed by atoms with Gasteiger partial charge in [-0.2, -0.15) is 0 Å². The zero-order valence-electron chi connectivity index (χ0n) is 9.37. The summed E-state index contributed by atoms with van der Waals surface area (Å²) in [6.07, 6.45) is 0.861. The summed E-state index contributed by atoms with van der Waals surface area (Å²) in [4.78, 5) is 4.26. The smallest absolute Gasteiger partial charge is 0.200 e. The standard InChI is InChI=1S/C12H14BrN3/c1-8-11(16(2)12(14)15-8)7-9-3-5-10(13)6-4-9/h3-6H,7H2,1-2H3,(H2,14,15). The van der Waals surface area contributed by atoms with Crippen LogP contribution < -0.4 is 5.73 Å². The minimum atomic E-state index is 0.574. The first-order valence-electron chi connectivity index (χ1n) is 5.10. The second-order valence-electron chi connectivity index (χ2n) is 3.86. The lowest BCUT2D eigenvalue weighted by Crippen LogP contribution is -2.02. The van der Waals surface area contributed by atoms with Gasteiger partial charge in [0, 0.05) is 23.6 Å². The molecule has 2 aromatic rings. The van der Waals surface area contributed by atoms with Crippen molar-refractivity contribution in [2.24, 2.45) is 7.05 Å². The highest BCUT2D eigenvalue weighted by Crippen LogP contribution is 2.17. The van der Waals surface area contributed by atoms with Crippen molar-refractivity contribution in [3.05, 3.63) is 45.7 Å². The van der Waals surface area contributed by atoms with E-state index in [0.717, 1.165) is 16.6 Å². The van der Waals surface area contributed by atoms with Gasteiger partial charge in [0.05, 0.1) is 5.69 Å². The lowest BCUT2D eigenvalue weighted by atomic mass is 10.1. The van der Waals surface area contributed by atoms with Crippen LogP contribution in [0.25, 0.3) is 0 Å². The molecule has 84 valence electrons. The van der Waals surface area contributed by atoms with E-state index in [1.165, 1.54) is 11.3 Å². The molecule has 0 saturated carbocycles. The number of nitrogens with zero attached hydrogens (tertiary/aromatic N) is 2. The molecule has 0 unspecified atom stereocenters. The molecular formula is C12H14BrN3. The first-order chi connectivity index (χ1) is 7.58. The normalized spacial score (nSPS) is 10.7. The molecule has 1 aromatic heterocycles. The van der Waals surface area contributed by atoms with E-state index >= 15 is 0 Å². The quantitative estimate of drug-likeness (QED) is 0.919. The molecule has 0 amide bonds. The Balaban J connectivity index is 2.30. The fraction of sp³-hybridized carbons (Fsp3) is 0.250. The van der Waals surface area contributed by atoms with E-state index in [-0.39, 0.29) is 0 Å². The fourth-order valence-corrected chi connectivity index (χ4v) is 2.00. The molecule has 0 spiro atoms. The number of hydrogen-bond acceptors (Lipinski definition) is 2. The van der Waals surface area contributed by atoms with Crippen LogP contribution >= 0.6 is 15.9 Å². The van der Waals surface area contributed by atoms with Crippen molar-refractivity contribution in [2.75, 3.05) is 5.73 Å². The van der Waals surface area contributed by atoms with Gasteiger partial charge in [0.2, 0.25) is 0 Å². The van der Waals surface area contributed by atoms with Crippen molar-refractivity contribution in [1.29, 1.82) is 0 Å². The van der Waals surface area contributed by atoms with Crippen LogP contribution in [0.3, 0.4) is 0 Å². The highest BCUT2D eigenvalue weighted by Gasteiger charge is 2.09. The van der Waals surface area contributed by atoms with Crippen molar-refractivity contribution < 1.29 is 0 Å². The van der Waals surface area contributed by atoms with Gasteiger partial charge in [-0.05, 0) is 24.6 Å². The zero-order valence-corrected chi connectivity index (χ0v) is 11.0. The molecule has 16 heavy (non-hydrogen) atoms. The number of anilines is 1. The fourth-order valence-electron chi connectivity index (χ4n) is 1.73. The molecule has 0 saturated heterocycles. The van der Waals surface area contributed by atoms with Crippen LogP contribution in [0.4, 0.5) is 5.95 Å². The van der Waals surface area contributed by atoms with E-state index in [0.29, 0.717) is 5.95 Å². The average molecular weight is 280 g/mol. The molecule has 0 atom stereocenters. The number of nitrogens with two attached hydrogens (primary N) is 1. The van der Waals surface area contributed by atoms with Crippen molar-refractivity contribution in [2.45, 2.75) is 13.3 Å². The third-order valence-electron chi connectivity index (χ3n) is 2.73. The topological polar surface area (TPSA) is 43.8 Å². The van der Waals surface area contributed by atoms with Crippen molar-refractivity contribution >= 4 is 21.9 Å². The van der Waals surface area contributed by atoms with E-state index in [9.17, 15) is 0 Å². The second-order valence-corrected chi connectivity index (χ2v) is 4.78. The summed E-state index contributed by atoms with van der Waals surface area (Å²) in [5.41, 5.74) is 9.19. The number of nitrogen functional groups attached to an aromatic ring is 1. The minimum Gasteiger partial charge on any atom is -0.369 e. The van der Waals surface area contributed by atoms with Gasteiger partial charge >= 0.3 is 0 Å². The maximum atomic E-state index is 5.76. The number of halogens is 1. The number of benzene rings is 1. The van der Waals surface area contributed by atoms with E-state index in [1.807, 2.05) is 30.7 Å². The Bertz CT molecular complexity index is 500. The van der Waals surface area contributed by atoms with E-state index in [2.05, 4.69) is 33.0 Å². The van der Waals surface area contributed by atoms with Gasteiger partial charge < -0.3 is 10.3 Å². The van der Waals surface area contributed by atoms with Crippen LogP contribution in [0.5, 0.6) is 0 Å². The van der Waals surface area contributed by atoms with E-state index < -0.39 is 0 Å². The minimum absolute atomic E-state index is 0.574.